The van der Waals surface area contributed by atoms with Gasteiger partial charge in [0.05, 0.1) is 17.1 Å². The number of nitrogens with one attached hydrogen (secondary N) is 1. The Morgan fingerprint density at radius 2 is 1.72 bits per heavy atom. The first-order valence-electron chi connectivity index (χ1n) is 11.0. The molecule has 0 unspecified atom stereocenters. The SMILES string of the molecule is Cc1ccc(S(=O)(=O)N2C[C@@H](C(=O)N[C@H](C)C(C)C)Oc3ccc(C(C)(C)C)cc32)cc1. The van der Waals surface area contributed by atoms with Gasteiger partial charge >= 0.3 is 0 Å². The molecular weight excluding hydrogens is 424 g/mol. The normalized spacial score (nSPS) is 17.5. The predicted molar refractivity (Wildman–Crippen MR) is 128 cm³/mol. The molecule has 0 radical (unpaired) electrons. The average molecular weight is 459 g/mol. The fraction of sp³-hybridized carbons (Fsp3) is 0.480. The van der Waals surface area contributed by atoms with Crippen molar-refractivity contribution in [1.29, 1.82) is 0 Å². The van der Waals surface area contributed by atoms with E-state index in [1.807, 2.05) is 39.8 Å². The average Bonchev–Trinajstić information content (AvgIpc) is 2.71. The molecular formula is C25H34N2O4S. The summed E-state index contributed by atoms with van der Waals surface area (Å²) in [6.07, 6.45) is -0.940. The van der Waals surface area contributed by atoms with Crippen LogP contribution in [-0.4, -0.2) is 33.0 Å². The summed E-state index contributed by atoms with van der Waals surface area (Å²) in [6, 6.07) is 12.2. The Hall–Kier alpha value is -2.54. The fourth-order valence-electron chi connectivity index (χ4n) is 3.40. The molecule has 0 bridgehead atoms. The van der Waals surface area contributed by atoms with Gasteiger partial charge in [-0.3, -0.25) is 9.10 Å². The Morgan fingerprint density at radius 1 is 1.09 bits per heavy atom. The van der Waals surface area contributed by atoms with Gasteiger partial charge in [-0.2, -0.15) is 0 Å². The Labute approximate surface area is 192 Å². The Balaban J connectivity index is 2.06. The molecule has 0 spiro atoms. The summed E-state index contributed by atoms with van der Waals surface area (Å²) in [5.74, 6) is 0.315. The monoisotopic (exact) mass is 458 g/mol. The van der Waals surface area contributed by atoms with Gasteiger partial charge in [0.1, 0.15) is 5.75 Å². The minimum atomic E-state index is -3.89. The van der Waals surface area contributed by atoms with Crippen molar-refractivity contribution in [3.8, 4) is 5.75 Å². The van der Waals surface area contributed by atoms with Gasteiger partial charge in [-0.1, -0.05) is 58.4 Å². The lowest BCUT2D eigenvalue weighted by atomic mass is 9.86. The number of nitrogens with zero attached hydrogens (tertiary/aromatic N) is 1. The summed E-state index contributed by atoms with van der Waals surface area (Å²) in [5.41, 5.74) is 2.25. The van der Waals surface area contributed by atoms with Gasteiger partial charge in [-0.05, 0) is 55.0 Å². The fourth-order valence-corrected chi connectivity index (χ4v) is 4.87. The molecule has 0 saturated heterocycles. The van der Waals surface area contributed by atoms with E-state index in [-0.39, 0.29) is 34.7 Å². The maximum atomic E-state index is 13.7. The zero-order chi connectivity index (χ0) is 23.8. The molecule has 1 aliphatic heterocycles. The standard InChI is InChI=1S/C25H34N2O4S/c1-16(2)18(4)26-24(28)23-15-27(32(29,30)20-11-8-17(3)9-12-20)21-14-19(25(5,6)7)10-13-22(21)31-23/h8-14,16,18,23H,15H2,1-7H3,(H,26,28)/t18-,23+/m1/s1. The minimum Gasteiger partial charge on any atom is -0.476 e. The molecule has 2 aromatic carbocycles. The van der Waals surface area contributed by atoms with Gasteiger partial charge < -0.3 is 10.1 Å². The number of hydrogen-bond acceptors (Lipinski definition) is 4. The molecule has 2 atom stereocenters. The van der Waals surface area contributed by atoms with Crippen molar-refractivity contribution < 1.29 is 17.9 Å². The number of anilines is 1. The second kappa shape index (κ2) is 8.77. The molecule has 1 aliphatic rings. The highest BCUT2D eigenvalue weighted by Gasteiger charge is 2.38. The molecule has 1 heterocycles. The molecule has 1 amide bonds. The second-order valence-corrected chi connectivity index (χ2v) is 11.8. The highest BCUT2D eigenvalue weighted by atomic mass is 32.2. The first kappa shape index (κ1) is 24.1. The number of hydrogen-bond donors (Lipinski definition) is 1. The molecule has 0 aromatic heterocycles. The van der Waals surface area contributed by atoms with E-state index >= 15 is 0 Å². The molecule has 0 aliphatic carbocycles. The van der Waals surface area contributed by atoms with Crippen molar-refractivity contribution >= 4 is 21.6 Å². The summed E-state index contributed by atoms with van der Waals surface area (Å²) in [4.78, 5) is 13.1. The lowest BCUT2D eigenvalue weighted by molar-refractivity contribution is -0.128. The van der Waals surface area contributed by atoms with E-state index in [0.29, 0.717) is 11.4 Å². The predicted octanol–water partition coefficient (Wildman–Crippen LogP) is 4.41. The maximum absolute atomic E-state index is 13.7. The van der Waals surface area contributed by atoms with Crippen LogP contribution in [0, 0.1) is 12.8 Å². The van der Waals surface area contributed by atoms with Gasteiger partial charge in [0.15, 0.2) is 6.10 Å². The van der Waals surface area contributed by atoms with Gasteiger partial charge in [0.2, 0.25) is 0 Å². The van der Waals surface area contributed by atoms with E-state index in [1.54, 1.807) is 30.3 Å². The van der Waals surface area contributed by atoms with E-state index in [0.717, 1.165) is 11.1 Å². The van der Waals surface area contributed by atoms with E-state index in [4.69, 9.17) is 4.74 Å². The number of fused-ring (bicyclic) bond motifs is 1. The van der Waals surface area contributed by atoms with E-state index in [2.05, 4.69) is 26.1 Å². The van der Waals surface area contributed by atoms with Crippen LogP contribution >= 0.6 is 0 Å². The zero-order valence-electron chi connectivity index (χ0n) is 20.0. The number of carbonyl (C=O) groups is 1. The number of ether oxygens (including phenoxy) is 1. The topological polar surface area (TPSA) is 75.7 Å². The number of benzene rings is 2. The number of sulfonamides is 1. The summed E-state index contributed by atoms with van der Waals surface area (Å²) >= 11 is 0. The first-order valence-corrected chi connectivity index (χ1v) is 12.5. The Kier molecular flexibility index (Phi) is 6.61. The van der Waals surface area contributed by atoms with Gasteiger partial charge in [0.25, 0.3) is 15.9 Å². The van der Waals surface area contributed by atoms with Crippen LogP contribution in [0.5, 0.6) is 5.75 Å². The minimum absolute atomic E-state index is 0.0575. The molecule has 6 nitrogen and oxygen atoms in total. The first-order chi connectivity index (χ1) is 14.8. The van der Waals surface area contributed by atoms with Crippen LogP contribution in [0.15, 0.2) is 47.4 Å². The van der Waals surface area contributed by atoms with Crippen LogP contribution in [0.4, 0.5) is 5.69 Å². The number of carbonyl (C=O) groups excluding carboxylic acids is 1. The van der Waals surface area contributed by atoms with Gasteiger partial charge in [0, 0.05) is 6.04 Å². The second-order valence-electron chi connectivity index (χ2n) is 9.93. The van der Waals surface area contributed by atoms with Crippen LogP contribution < -0.4 is 14.4 Å². The van der Waals surface area contributed by atoms with Crippen LogP contribution in [0.3, 0.4) is 0 Å². The van der Waals surface area contributed by atoms with Gasteiger partial charge in [-0.15, -0.1) is 0 Å². The zero-order valence-corrected chi connectivity index (χ0v) is 20.8. The molecule has 1 N–H and O–H groups in total. The van der Waals surface area contributed by atoms with E-state index in [9.17, 15) is 13.2 Å². The van der Waals surface area contributed by atoms with Crippen LogP contribution in [0.25, 0.3) is 0 Å². The third-order valence-corrected chi connectivity index (χ3v) is 7.76. The molecule has 7 heteroatoms. The summed E-state index contributed by atoms with van der Waals surface area (Å²) in [5, 5.41) is 2.95. The lowest BCUT2D eigenvalue weighted by Gasteiger charge is -2.36. The van der Waals surface area contributed by atoms with E-state index in [1.165, 1.54) is 4.31 Å². The summed E-state index contributed by atoms with van der Waals surface area (Å²) in [6.45, 7) is 14.0. The van der Waals surface area contributed by atoms with Crippen LogP contribution in [-0.2, 0) is 20.2 Å². The van der Waals surface area contributed by atoms with Gasteiger partial charge in [-0.25, -0.2) is 8.42 Å². The molecule has 0 saturated carbocycles. The van der Waals surface area contributed by atoms with Crippen molar-refractivity contribution in [3.05, 3.63) is 53.6 Å². The number of amides is 1. The van der Waals surface area contributed by atoms with Crippen molar-refractivity contribution in [1.82, 2.24) is 5.32 Å². The highest BCUT2D eigenvalue weighted by molar-refractivity contribution is 7.92. The van der Waals surface area contributed by atoms with Crippen molar-refractivity contribution in [2.24, 2.45) is 5.92 Å². The third kappa shape index (κ3) is 4.93. The molecule has 174 valence electrons. The summed E-state index contributed by atoms with van der Waals surface area (Å²) in [7, 11) is -3.89. The number of rotatable bonds is 5. The van der Waals surface area contributed by atoms with Crippen LogP contribution in [0.1, 0.15) is 52.7 Å². The molecule has 3 rings (SSSR count). The summed E-state index contributed by atoms with van der Waals surface area (Å²) < 4.78 is 34.6. The quantitative estimate of drug-likeness (QED) is 0.720. The molecule has 0 fully saturated rings. The molecule has 32 heavy (non-hydrogen) atoms. The maximum Gasteiger partial charge on any atom is 0.264 e. The molecule has 2 aromatic rings. The van der Waals surface area contributed by atoms with Crippen LogP contribution in [0.2, 0.25) is 0 Å². The smallest absolute Gasteiger partial charge is 0.264 e. The van der Waals surface area contributed by atoms with Crippen molar-refractivity contribution in [2.75, 3.05) is 10.8 Å². The van der Waals surface area contributed by atoms with Crippen molar-refractivity contribution in [2.45, 2.75) is 70.9 Å². The lowest BCUT2D eigenvalue weighted by Crippen LogP contribution is -2.52. The number of aryl methyl sites for hydroxylation is 1. The van der Waals surface area contributed by atoms with E-state index < -0.39 is 16.1 Å². The highest BCUT2D eigenvalue weighted by Crippen LogP contribution is 2.40. The van der Waals surface area contributed by atoms with Crippen molar-refractivity contribution in [3.63, 3.8) is 0 Å². The largest absolute Gasteiger partial charge is 0.476 e. The Bertz CT molecular complexity index is 1090. The third-order valence-electron chi connectivity index (χ3n) is 5.97. The Morgan fingerprint density at radius 3 is 2.28 bits per heavy atom.